The molecule has 0 heterocycles. The molecule has 0 saturated carbocycles. The molecule has 2 rings (SSSR count). The maximum atomic E-state index is 11.1. The number of halogens is 1. The standard InChI is InChI=1S/C14H12ClNO3/c1-19-9-6-7-12(10(8-9)14(17)18)16-13-5-3-2-4-11(13)15/h2-8,16H,1H3,(H,17,18)/p-1. The number of hydrogen-bond donors (Lipinski definition) is 1. The van der Waals surface area contributed by atoms with Crippen molar-refractivity contribution < 1.29 is 14.6 Å². The largest absolute Gasteiger partial charge is 0.545 e. The summed E-state index contributed by atoms with van der Waals surface area (Å²) in [6, 6.07) is 11.7. The molecule has 2 aromatic rings. The zero-order chi connectivity index (χ0) is 13.8. The monoisotopic (exact) mass is 276 g/mol. The minimum Gasteiger partial charge on any atom is -0.545 e. The summed E-state index contributed by atoms with van der Waals surface area (Å²) in [5.74, 6) is -0.836. The van der Waals surface area contributed by atoms with Gasteiger partial charge in [0.1, 0.15) is 5.75 Å². The molecule has 4 nitrogen and oxygen atoms in total. The average Bonchev–Trinajstić information content (AvgIpc) is 2.41. The highest BCUT2D eigenvalue weighted by molar-refractivity contribution is 6.33. The molecule has 5 heteroatoms. The summed E-state index contributed by atoms with van der Waals surface area (Å²) in [6.07, 6.45) is 0. The number of anilines is 2. The van der Waals surface area contributed by atoms with E-state index in [0.717, 1.165) is 0 Å². The van der Waals surface area contributed by atoms with Crippen LogP contribution < -0.4 is 15.2 Å². The third-order valence-electron chi connectivity index (χ3n) is 2.59. The fraction of sp³-hybridized carbons (Fsp3) is 0.0714. The quantitative estimate of drug-likeness (QED) is 0.932. The van der Waals surface area contributed by atoms with Crippen LogP contribution in [0.2, 0.25) is 5.02 Å². The van der Waals surface area contributed by atoms with Crippen molar-refractivity contribution in [2.24, 2.45) is 0 Å². The summed E-state index contributed by atoms with van der Waals surface area (Å²) >= 11 is 6.01. The molecular formula is C14H11ClNO3-. The third-order valence-corrected chi connectivity index (χ3v) is 2.92. The van der Waals surface area contributed by atoms with Gasteiger partial charge in [-0.2, -0.15) is 0 Å². The van der Waals surface area contributed by atoms with Gasteiger partial charge in [-0.05, 0) is 30.3 Å². The molecule has 0 atom stereocenters. The summed E-state index contributed by atoms with van der Waals surface area (Å²) in [5.41, 5.74) is 1.03. The number of nitrogens with one attached hydrogen (secondary N) is 1. The zero-order valence-electron chi connectivity index (χ0n) is 10.1. The second-order valence-corrected chi connectivity index (χ2v) is 4.21. The van der Waals surface area contributed by atoms with Crippen molar-refractivity contribution in [2.75, 3.05) is 12.4 Å². The van der Waals surface area contributed by atoms with Gasteiger partial charge in [-0.25, -0.2) is 0 Å². The molecule has 2 aromatic carbocycles. The predicted octanol–water partition coefficient (Wildman–Crippen LogP) is 2.46. The highest BCUT2D eigenvalue weighted by atomic mass is 35.5. The Kier molecular flexibility index (Phi) is 3.92. The Balaban J connectivity index is 2.40. The van der Waals surface area contributed by atoms with E-state index in [0.29, 0.717) is 22.1 Å². The summed E-state index contributed by atoms with van der Waals surface area (Å²) in [4.78, 5) is 11.1. The van der Waals surface area contributed by atoms with Gasteiger partial charge in [-0.3, -0.25) is 0 Å². The first-order chi connectivity index (χ1) is 9.11. The van der Waals surface area contributed by atoms with Crippen LogP contribution in [0.5, 0.6) is 5.75 Å². The highest BCUT2D eigenvalue weighted by Gasteiger charge is 2.07. The normalized spacial score (nSPS) is 10.0. The molecule has 0 aliphatic heterocycles. The summed E-state index contributed by atoms with van der Waals surface area (Å²) in [7, 11) is 1.47. The molecule has 0 saturated heterocycles. The molecule has 0 amide bonds. The Hall–Kier alpha value is -2.20. The van der Waals surface area contributed by atoms with E-state index in [1.165, 1.54) is 13.2 Å². The second kappa shape index (κ2) is 5.63. The number of aromatic carboxylic acids is 1. The molecule has 0 radical (unpaired) electrons. The first kappa shape index (κ1) is 13.2. The van der Waals surface area contributed by atoms with Gasteiger partial charge < -0.3 is 20.0 Å². The van der Waals surface area contributed by atoms with Crippen molar-refractivity contribution in [3.63, 3.8) is 0 Å². The van der Waals surface area contributed by atoms with Crippen LogP contribution in [0.4, 0.5) is 11.4 Å². The minimum atomic E-state index is -1.28. The van der Waals surface area contributed by atoms with E-state index in [9.17, 15) is 9.90 Å². The van der Waals surface area contributed by atoms with Crippen LogP contribution in [0.3, 0.4) is 0 Å². The van der Waals surface area contributed by atoms with Gasteiger partial charge in [0.2, 0.25) is 0 Å². The van der Waals surface area contributed by atoms with Gasteiger partial charge in [-0.1, -0.05) is 23.7 Å². The number of para-hydroxylation sites is 1. The number of rotatable bonds is 4. The molecule has 98 valence electrons. The number of benzene rings is 2. The van der Waals surface area contributed by atoms with E-state index in [2.05, 4.69) is 5.32 Å². The maximum Gasteiger partial charge on any atom is 0.119 e. The molecule has 0 aromatic heterocycles. The Morgan fingerprint density at radius 2 is 1.95 bits per heavy atom. The summed E-state index contributed by atoms with van der Waals surface area (Å²) in [5, 5.41) is 14.6. The Morgan fingerprint density at radius 1 is 1.21 bits per heavy atom. The first-order valence-electron chi connectivity index (χ1n) is 5.52. The van der Waals surface area contributed by atoms with E-state index in [-0.39, 0.29) is 5.56 Å². The van der Waals surface area contributed by atoms with Crippen LogP contribution in [0.15, 0.2) is 42.5 Å². The summed E-state index contributed by atoms with van der Waals surface area (Å²) < 4.78 is 4.99. The number of carboxylic acid groups (broad SMARTS) is 1. The van der Waals surface area contributed by atoms with E-state index in [1.54, 1.807) is 36.4 Å². The van der Waals surface area contributed by atoms with Crippen LogP contribution in [-0.4, -0.2) is 13.1 Å². The number of carbonyl (C=O) groups is 1. The number of hydrogen-bond acceptors (Lipinski definition) is 4. The van der Waals surface area contributed by atoms with E-state index in [1.807, 2.05) is 0 Å². The van der Waals surface area contributed by atoms with E-state index < -0.39 is 5.97 Å². The average molecular weight is 277 g/mol. The highest BCUT2D eigenvalue weighted by Crippen LogP contribution is 2.28. The number of carboxylic acids is 1. The summed E-state index contributed by atoms with van der Waals surface area (Å²) in [6.45, 7) is 0. The molecule has 0 fully saturated rings. The minimum absolute atomic E-state index is 0.0132. The van der Waals surface area contributed by atoms with Crippen molar-refractivity contribution in [1.29, 1.82) is 0 Å². The molecule has 19 heavy (non-hydrogen) atoms. The predicted molar refractivity (Wildman–Crippen MR) is 72.1 cm³/mol. The van der Waals surface area contributed by atoms with Gasteiger partial charge in [-0.15, -0.1) is 0 Å². The van der Waals surface area contributed by atoms with Crippen molar-refractivity contribution >= 4 is 28.9 Å². The fourth-order valence-electron chi connectivity index (χ4n) is 1.64. The van der Waals surface area contributed by atoms with Gasteiger partial charge in [0.05, 0.1) is 23.8 Å². The molecular weight excluding hydrogens is 266 g/mol. The molecule has 0 aliphatic carbocycles. The molecule has 0 unspecified atom stereocenters. The maximum absolute atomic E-state index is 11.1. The molecule has 0 spiro atoms. The Morgan fingerprint density at radius 3 is 2.58 bits per heavy atom. The third kappa shape index (κ3) is 2.98. The van der Waals surface area contributed by atoms with Crippen LogP contribution >= 0.6 is 11.6 Å². The Bertz CT molecular complexity index is 613. The van der Waals surface area contributed by atoms with E-state index in [4.69, 9.17) is 16.3 Å². The number of carbonyl (C=O) groups excluding carboxylic acids is 1. The lowest BCUT2D eigenvalue weighted by Crippen LogP contribution is -2.23. The van der Waals surface area contributed by atoms with Gasteiger partial charge in [0.15, 0.2) is 0 Å². The van der Waals surface area contributed by atoms with Crippen molar-refractivity contribution in [3.05, 3.63) is 53.1 Å². The second-order valence-electron chi connectivity index (χ2n) is 3.80. The zero-order valence-corrected chi connectivity index (χ0v) is 10.9. The Labute approximate surface area is 115 Å². The number of ether oxygens (including phenoxy) is 1. The van der Waals surface area contributed by atoms with Crippen LogP contribution in [-0.2, 0) is 0 Å². The first-order valence-corrected chi connectivity index (χ1v) is 5.90. The topological polar surface area (TPSA) is 61.4 Å². The molecule has 1 N–H and O–H groups in total. The van der Waals surface area contributed by atoms with Gasteiger partial charge in [0.25, 0.3) is 0 Å². The lowest BCUT2D eigenvalue weighted by Gasteiger charge is -2.15. The van der Waals surface area contributed by atoms with Gasteiger partial charge in [0, 0.05) is 11.3 Å². The smallest absolute Gasteiger partial charge is 0.119 e. The van der Waals surface area contributed by atoms with Crippen molar-refractivity contribution in [2.45, 2.75) is 0 Å². The molecule has 0 bridgehead atoms. The SMILES string of the molecule is COc1ccc(Nc2ccccc2Cl)c(C(=O)[O-])c1. The van der Waals surface area contributed by atoms with Gasteiger partial charge >= 0.3 is 0 Å². The van der Waals surface area contributed by atoms with Crippen LogP contribution in [0.25, 0.3) is 0 Å². The van der Waals surface area contributed by atoms with E-state index >= 15 is 0 Å². The lowest BCUT2D eigenvalue weighted by atomic mass is 10.1. The van der Waals surface area contributed by atoms with Crippen molar-refractivity contribution in [3.8, 4) is 5.75 Å². The lowest BCUT2D eigenvalue weighted by molar-refractivity contribution is -0.254. The molecule has 0 aliphatic rings. The number of methoxy groups -OCH3 is 1. The van der Waals surface area contributed by atoms with Crippen LogP contribution in [0.1, 0.15) is 10.4 Å². The fourth-order valence-corrected chi connectivity index (χ4v) is 1.82. The van der Waals surface area contributed by atoms with Crippen LogP contribution in [0, 0.1) is 0 Å². The van der Waals surface area contributed by atoms with Crippen molar-refractivity contribution in [1.82, 2.24) is 0 Å².